The molecule has 0 aliphatic carbocycles. The molecule has 0 amide bonds. The molecule has 3 N–H and O–H groups in total. The second-order valence-electron chi connectivity index (χ2n) is 2.68. The van der Waals surface area contributed by atoms with Crippen LogP contribution in [0.1, 0.15) is 21.5 Å². The maximum atomic E-state index is 12.3. The number of alkyl halides is 1. The summed E-state index contributed by atoms with van der Waals surface area (Å²) in [6.45, 7) is -0.456. The molecule has 0 aliphatic heterocycles. The summed E-state index contributed by atoms with van der Waals surface area (Å²) in [5.41, 5.74) is 6.39. The molecule has 1 aromatic carbocycles. The number of carboxylic acids is 1. The number of halogens is 1. The summed E-state index contributed by atoms with van der Waals surface area (Å²) < 4.78 is 12.3. The van der Waals surface area contributed by atoms with E-state index < -0.39 is 12.6 Å². The van der Waals surface area contributed by atoms with Crippen molar-refractivity contribution in [2.24, 2.45) is 5.73 Å². The van der Waals surface area contributed by atoms with Crippen molar-refractivity contribution in [3.05, 3.63) is 34.9 Å². The van der Waals surface area contributed by atoms with E-state index in [9.17, 15) is 9.18 Å². The van der Waals surface area contributed by atoms with Crippen LogP contribution in [0.25, 0.3) is 0 Å². The third-order valence-corrected chi connectivity index (χ3v) is 1.69. The lowest BCUT2D eigenvalue weighted by Gasteiger charge is -2.02. The van der Waals surface area contributed by atoms with Gasteiger partial charge in [-0.25, -0.2) is 9.18 Å². The third kappa shape index (κ3) is 2.26. The summed E-state index contributed by atoms with van der Waals surface area (Å²) >= 11 is 0. The van der Waals surface area contributed by atoms with Crippen molar-refractivity contribution in [2.75, 3.05) is 0 Å². The molecule has 70 valence electrons. The van der Waals surface area contributed by atoms with Gasteiger partial charge in [-0.3, -0.25) is 0 Å². The monoisotopic (exact) mass is 183 g/mol. The van der Waals surface area contributed by atoms with Gasteiger partial charge >= 0.3 is 5.97 Å². The van der Waals surface area contributed by atoms with Crippen molar-refractivity contribution in [3.63, 3.8) is 0 Å². The fraction of sp³-hybridized carbons (Fsp3) is 0.222. The molecule has 0 radical (unpaired) electrons. The number of carbonyl (C=O) groups is 1. The Morgan fingerprint density at radius 2 is 2.00 bits per heavy atom. The molecule has 3 nitrogen and oxygen atoms in total. The molecule has 0 aliphatic rings. The fourth-order valence-electron chi connectivity index (χ4n) is 1.08. The smallest absolute Gasteiger partial charge is 0.335 e. The first-order chi connectivity index (χ1) is 6.17. The molecule has 0 atom stereocenters. The molecule has 13 heavy (non-hydrogen) atoms. The highest BCUT2D eigenvalue weighted by molar-refractivity contribution is 5.88. The van der Waals surface area contributed by atoms with Crippen LogP contribution in [-0.4, -0.2) is 11.1 Å². The average Bonchev–Trinajstić information content (AvgIpc) is 2.16. The predicted molar refractivity (Wildman–Crippen MR) is 46.1 cm³/mol. The van der Waals surface area contributed by atoms with Crippen LogP contribution in [0.15, 0.2) is 18.2 Å². The van der Waals surface area contributed by atoms with Crippen molar-refractivity contribution in [1.29, 1.82) is 0 Å². The van der Waals surface area contributed by atoms with Gasteiger partial charge in [-0.1, -0.05) is 6.07 Å². The number of hydrogen-bond donors (Lipinski definition) is 2. The predicted octanol–water partition coefficient (Wildman–Crippen LogP) is 1.31. The van der Waals surface area contributed by atoms with Crippen molar-refractivity contribution in [2.45, 2.75) is 13.2 Å². The Morgan fingerprint density at radius 3 is 2.46 bits per heavy atom. The lowest BCUT2D eigenvalue weighted by atomic mass is 10.1. The highest BCUT2D eigenvalue weighted by Gasteiger charge is 2.05. The van der Waals surface area contributed by atoms with Crippen molar-refractivity contribution in [1.82, 2.24) is 0 Å². The topological polar surface area (TPSA) is 63.3 Å². The van der Waals surface area contributed by atoms with Gasteiger partial charge in [-0.2, -0.15) is 0 Å². The first-order valence-corrected chi connectivity index (χ1v) is 3.79. The Hall–Kier alpha value is -1.42. The average molecular weight is 183 g/mol. The van der Waals surface area contributed by atoms with E-state index >= 15 is 0 Å². The molecule has 0 aromatic heterocycles. The minimum Gasteiger partial charge on any atom is -0.478 e. The van der Waals surface area contributed by atoms with Gasteiger partial charge in [0.1, 0.15) is 6.67 Å². The number of carboxylic acid groups (broad SMARTS) is 1. The van der Waals surface area contributed by atoms with E-state index in [0.717, 1.165) is 0 Å². The van der Waals surface area contributed by atoms with Crippen LogP contribution in [0, 0.1) is 0 Å². The zero-order valence-corrected chi connectivity index (χ0v) is 6.96. The van der Waals surface area contributed by atoms with E-state index in [1.165, 1.54) is 12.1 Å². The Bertz CT molecular complexity index is 303. The Kier molecular flexibility index (Phi) is 2.97. The lowest BCUT2D eigenvalue weighted by Crippen LogP contribution is -2.03. The van der Waals surface area contributed by atoms with E-state index in [2.05, 4.69) is 0 Å². The van der Waals surface area contributed by atoms with Crippen LogP contribution in [0.2, 0.25) is 0 Å². The van der Waals surface area contributed by atoms with Gasteiger partial charge in [-0.15, -0.1) is 0 Å². The summed E-state index contributed by atoms with van der Waals surface area (Å²) in [4.78, 5) is 10.6. The maximum Gasteiger partial charge on any atom is 0.335 e. The molecule has 0 bridgehead atoms. The lowest BCUT2D eigenvalue weighted by molar-refractivity contribution is 0.0696. The molecule has 0 spiro atoms. The first-order valence-electron chi connectivity index (χ1n) is 3.79. The Balaban J connectivity index is 3.14. The van der Waals surface area contributed by atoms with Gasteiger partial charge in [-0.05, 0) is 23.3 Å². The van der Waals surface area contributed by atoms with Crippen LogP contribution in [-0.2, 0) is 13.2 Å². The van der Waals surface area contributed by atoms with Crippen LogP contribution in [0.5, 0.6) is 0 Å². The zero-order chi connectivity index (χ0) is 9.84. The fourth-order valence-corrected chi connectivity index (χ4v) is 1.08. The van der Waals surface area contributed by atoms with E-state index in [-0.39, 0.29) is 12.1 Å². The van der Waals surface area contributed by atoms with E-state index in [0.29, 0.717) is 11.1 Å². The van der Waals surface area contributed by atoms with E-state index in [1.807, 2.05) is 0 Å². The summed E-state index contributed by atoms with van der Waals surface area (Å²) in [6, 6.07) is 4.31. The molecule has 0 saturated heterocycles. The molecule has 0 heterocycles. The van der Waals surface area contributed by atoms with E-state index in [1.54, 1.807) is 6.07 Å². The molecule has 4 heteroatoms. The normalized spacial score (nSPS) is 10.0. The second-order valence-corrected chi connectivity index (χ2v) is 2.68. The van der Waals surface area contributed by atoms with Crippen molar-refractivity contribution in [3.8, 4) is 0 Å². The first kappa shape index (κ1) is 9.67. The van der Waals surface area contributed by atoms with Crippen LogP contribution < -0.4 is 5.73 Å². The Labute approximate surface area is 75.0 Å². The number of aromatic carboxylic acids is 1. The van der Waals surface area contributed by atoms with Crippen molar-refractivity contribution >= 4 is 5.97 Å². The number of rotatable bonds is 3. The van der Waals surface area contributed by atoms with E-state index in [4.69, 9.17) is 10.8 Å². The summed E-state index contributed by atoms with van der Waals surface area (Å²) in [7, 11) is 0. The molecule has 1 rings (SSSR count). The van der Waals surface area contributed by atoms with Gasteiger partial charge in [0.15, 0.2) is 0 Å². The minimum atomic E-state index is -1.06. The largest absolute Gasteiger partial charge is 0.478 e. The summed E-state index contributed by atoms with van der Waals surface area (Å²) in [5, 5.41) is 8.66. The van der Waals surface area contributed by atoms with Gasteiger partial charge in [0.05, 0.1) is 5.56 Å². The number of hydrogen-bond acceptors (Lipinski definition) is 2. The highest BCUT2D eigenvalue weighted by atomic mass is 19.1. The minimum absolute atomic E-state index is 0.0793. The van der Waals surface area contributed by atoms with Gasteiger partial charge in [0.2, 0.25) is 0 Å². The van der Waals surface area contributed by atoms with Crippen LogP contribution in [0.4, 0.5) is 4.39 Å². The molecule has 0 saturated carbocycles. The molecule has 0 unspecified atom stereocenters. The maximum absolute atomic E-state index is 12.3. The van der Waals surface area contributed by atoms with Crippen LogP contribution in [0.3, 0.4) is 0 Å². The molecule has 1 aromatic rings. The van der Waals surface area contributed by atoms with Crippen LogP contribution >= 0.6 is 0 Å². The molecular formula is C9H10FNO2. The highest BCUT2D eigenvalue weighted by Crippen LogP contribution is 2.11. The molecule has 0 fully saturated rings. The number of nitrogens with two attached hydrogens (primary N) is 1. The molecular weight excluding hydrogens is 173 g/mol. The van der Waals surface area contributed by atoms with Gasteiger partial charge in [0.25, 0.3) is 0 Å². The SMILES string of the molecule is NCc1cc(CF)cc(C(=O)O)c1. The second kappa shape index (κ2) is 4.00. The number of benzene rings is 1. The zero-order valence-electron chi connectivity index (χ0n) is 6.96. The summed E-state index contributed by atoms with van der Waals surface area (Å²) in [6.07, 6.45) is 0. The Morgan fingerprint density at radius 1 is 1.38 bits per heavy atom. The standard InChI is InChI=1S/C9H10FNO2/c10-4-6-1-7(5-11)3-8(2-6)9(12)13/h1-3H,4-5,11H2,(H,12,13). The summed E-state index contributed by atoms with van der Waals surface area (Å²) in [5.74, 6) is -1.06. The van der Waals surface area contributed by atoms with Crippen molar-refractivity contribution < 1.29 is 14.3 Å². The quantitative estimate of drug-likeness (QED) is 0.742. The third-order valence-electron chi connectivity index (χ3n) is 1.69. The van der Waals surface area contributed by atoms with Gasteiger partial charge in [0, 0.05) is 6.54 Å². The van der Waals surface area contributed by atoms with Gasteiger partial charge < -0.3 is 10.8 Å².